The van der Waals surface area contributed by atoms with E-state index < -0.39 is 11.6 Å². The lowest BCUT2D eigenvalue weighted by atomic mass is 9.90. The molecule has 2 aromatic carbocycles. The van der Waals surface area contributed by atoms with Gasteiger partial charge in [-0.2, -0.15) is 0 Å². The van der Waals surface area contributed by atoms with E-state index >= 15 is 0 Å². The van der Waals surface area contributed by atoms with Gasteiger partial charge >= 0.3 is 0 Å². The predicted molar refractivity (Wildman–Crippen MR) is 118 cm³/mol. The van der Waals surface area contributed by atoms with E-state index in [1.54, 1.807) is 4.90 Å². The van der Waals surface area contributed by atoms with Gasteiger partial charge in [0, 0.05) is 19.0 Å². The smallest absolute Gasteiger partial charge is 0.227 e. The molecule has 0 spiro atoms. The fraction of sp³-hybridized carbons (Fsp3) is 0.435. The van der Waals surface area contributed by atoms with Crippen LogP contribution in [0.3, 0.4) is 0 Å². The lowest BCUT2D eigenvalue weighted by Crippen LogP contribution is -2.41. The largest absolute Gasteiger partial charge is 0.309 e. The maximum atomic E-state index is 14.1. The topological polar surface area (TPSA) is 23.6 Å². The second kappa shape index (κ2) is 10.1. The molecule has 0 aromatic heterocycles. The van der Waals surface area contributed by atoms with Crippen molar-refractivity contribution < 1.29 is 13.6 Å². The lowest BCUT2D eigenvalue weighted by molar-refractivity contribution is -0.120. The number of hydrogen-bond acceptors (Lipinski definition) is 2. The molecule has 1 fully saturated rings. The van der Waals surface area contributed by atoms with Crippen molar-refractivity contribution in [3.05, 3.63) is 63.1 Å². The number of piperidine rings is 1. The summed E-state index contributed by atoms with van der Waals surface area (Å²) in [6, 6.07) is 7.36. The van der Waals surface area contributed by atoms with Gasteiger partial charge in [-0.05, 0) is 81.6 Å². The van der Waals surface area contributed by atoms with E-state index in [1.807, 2.05) is 26.2 Å². The Hall–Kier alpha value is -1.69. The average Bonchev–Trinajstić information content (AvgIpc) is 2.65. The number of benzene rings is 2. The van der Waals surface area contributed by atoms with Crippen molar-refractivity contribution in [2.45, 2.75) is 32.1 Å². The van der Waals surface area contributed by atoms with Crippen LogP contribution in [0.1, 0.15) is 30.4 Å². The van der Waals surface area contributed by atoms with Gasteiger partial charge in [-0.3, -0.25) is 4.79 Å². The van der Waals surface area contributed by atoms with Crippen molar-refractivity contribution in [3.8, 4) is 0 Å². The number of hydrogen-bond donors (Lipinski definition) is 0. The summed E-state index contributed by atoms with van der Waals surface area (Å²) in [4.78, 5) is 16.4. The van der Waals surface area contributed by atoms with Crippen LogP contribution in [0.15, 0.2) is 30.3 Å². The molecule has 3 rings (SSSR count). The minimum Gasteiger partial charge on any atom is -0.309 e. The fourth-order valence-corrected chi connectivity index (χ4v) is 4.65. The molecule has 0 aliphatic carbocycles. The first-order valence-corrected chi connectivity index (χ1v) is 10.9. The summed E-state index contributed by atoms with van der Waals surface area (Å²) in [5, 5.41) is 0.897. The first-order valence-electron chi connectivity index (χ1n) is 10.1. The van der Waals surface area contributed by atoms with Crippen LogP contribution < -0.4 is 4.90 Å². The quantitative estimate of drug-likeness (QED) is 0.531. The molecule has 1 amide bonds. The van der Waals surface area contributed by atoms with Gasteiger partial charge in [-0.1, -0.05) is 29.3 Å². The zero-order valence-corrected chi connectivity index (χ0v) is 18.7. The van der Waals surface area contributed by atoms with Gasteiger partial charge in [0.1, 0.15) is 11.6 Å². The third-order valence-corrected chi connectivity index (χ3v) is 6.03. The molecule has 2 aromatic rings. The molecule has 0 bridgehead atoms. The van der Waals surface area contributed by atoms with E-state index in [2.05, 4.69) is 4.90 Å². The summed E-state index contributed by atoms with van der Waals surface area (Å²) in [5.74, 6) is -1.16. The Kier molecular flexibility index (Phi) is 7.72. The maximum Gasteiger partial charge on any atom is 0.227 e. The number of rotatable bonds is 7. The van der Waals surface area contributed by atoms with Gasteiger partial charge in [-0.25, -0.2) is 8.78 Å². The van der Waals surface area contributed by atoms with Crippen molar-refractivity contribution in [2.75, 3.05) is 32.1 Å². The molecule has 1 aliphatic heterocycles. The number of aryl methyl sites for hydroxylation is 1. The van der Waals surface area contributed by atoms with Gasteiger partial charge in [0.15, 0.2) is 0 Å². The van der Waals surface area contributed by atoms with E-state index in [1.165, 1.54) is 12.1 Å². The summed E-state index contributed by atoms with van der Waals surface area (Å²) in [7, 11) is 4.05. The van der Waals surface area contributed by atoms with Crippen LogP contribution in [0.4, 0.5) is 14.5 Å². The van der Waals surface area contributed by atoms with E-state index in [0.29, 0.717) is 47.1 Å². The third kappa shape index (κ3) is 5.71. The Morgan fingerprint density at radius 1 is 1.13 bits per heavy atom. The van der Waals surface area contributed by atoms with Crippen molar-refractivity contribution >= 4 is 34.8 Å². The number of nitrogens with zero attached hydrogens (tertiary/aromatic N) is 2. The van der Waals surface area contributed by atoms with Gasteiger partial charge in [0.2, 0.25) is 5.91 Å². The number of carbonyl (C=O) groups excluding carboxylic acids is 1. The molecule has 0 N–H and O–H groups in total. The van der Waals surface area contributed by atoms with Crippen LogP contribution >= 0.6 is 23.2 Å². The number of amides is 1. The van der Waals surface area contributed by atoms with E-state index in [9.17, 15) is 13.6 Å². The zero-order chi connectivity index (χ0) is 21.8. The predicted octanol–water partition coefficient (Wildman–Crippen LogP) is 5.75. The molecule has 0 radical (unpaired) electrons. The third-order valence-electron chi connectivity index (χ3n) is 5.45. The normalized spacial score (nSPS) is 17.1. The highest BCUT2D eigenvalue weighted by Gasteiger charge is 2.30. The Bertz CT molecular complexity index is 897. The summed E-state index contributed by atoms with van der Waals surface area (Å²) >= 11 is 13.1. The Labute approximate surface area is 186 Å². The molecule has 1 atom stereocenters. The minimum absolute atomic E-state index is 0.0366. The molecule has 0 saturated carbocycles. The molecule has 3 nitrogen and oxygen atoms in total. The molecule has 7 heteroatoms. The Morgan fingerprint density at radius 3 is 2.47 bits per heavy atom. The summed E-state index contributed by atoms with van der Waals surface area (Å²) < 4.78 is 27.2. The molecule has 1 heterocycles. The van der Waals surface area contributed by atoms with Crippen LogP contribution in [-0.4, -0.2) is 38.0 Å². The Morgan fingerprint density at radius 2 is 1.83 bits per heavy atom. The van der Waals surface area contributed by atoms with Crippen molar-refractivity contribution in [1.82, 2.24) is 4.90 Å². The molecule has 30 heavy (non-hydrogen) atoms. The van der Waals surface area contributed by atoms with Crippen molar-refractivity contribution in [3.63, 3.8) is 0 Å². The summed E-state index contributed by atoms with van der Waals surface area (Å²) in [6.45, 7) is 1.36. The monoisotopic (exact) mass is 454 g/mol. The SMILES string of the molecule is CN(C)CCCc1cc(Cl)c(N2CC(Cc3ccc(F)cc3F)CCC2=O)c(Cl)c1. The zero-order valence-electron chi connectivity index (χ0n) is 17.2. The van der Waals surface area contributed by atoms with Gasteiger partial charge in [0.25, 0.3) is 0 Å². The van der Waals surface area contributed by atoms with Crippen LogP contribution in [0.25, 0.3) is 0 Å². The summed E-state index contributed by atoms with van der Waals surface area (Å²) in [6.07, 6.45) is 3.23. The molecule has 1 saturated heterocycles. The second-order valence-corrected chi connectivity index (χ2v) is 8.98. The number of halogens is 4. The second-order valence-electron chi connectivity index (χ2n) is 8.16. The first kappa shape index (κ1) is 23.0. The number of anilines is 1. The highest BCUT2D eigenvalue weighted by molar-refractivity contribution is 6.40. The van der Waals surface area contributed by atoms with E-state index in [4.69, 9.17) is 23.2 Å². The standard InChI is InChI=1S/C23H26Cl2F2N2O/c1-28(2)9-3-4-15-11-19(24)23(20(25)12-15)29-14-16(5-8-22(29)30)10-17-6-7-18(26)13-21(17)27/h6-7,11-13,16H,3-5,8-10,14H2,1-2H3. The highest BCUT2D eigenvalue weighted by atomic mass is 35.5. The van der Waals surface area contributed by atoms with Crippen LogP contribution in [0, 0.1) is 17.6 Å². The molecule has 162 valence electrons. The minimum atomic E-state index is -0.596. The van der Waals surface area contributed by atoms with Gasteiger partial charge in [0.05, 0.1) is 15.7 Å². The summed E-state index contributed by atoms with van der Waals surface area (Å²) in [5.41, 5.74) is 2.00. The van der Waals surface area contributed by atoms with Crippen molar-refractivity contribution in [2.24, 2.45) is 5.92 Å². The van der Waals surface area contributed by atoms with Crippen LogP contribution in [0.5, 0.6) is 0 Å². The van der Waals surface area contributed by atoms with E-state index in [0.717, 1.165) is 31.0 Å². The average molecular weight is 455 g/mol. The number of carbonyl (C=O) groups is 1. The Balaban J connectivity index is 1.75. The maximum absolute atomic E-state index is 14.1. The molecular weight excluding hydrogens is 429 g/mol. The van der Waals surface area contributed by atoms with Crippen molar-refractivity contribution in [1.29, 1.82) is 0 Å². The van der Waals surface area contributed by atoms with E-state index in [-0.39, 0.29) is 11.8 Å². The molecule has 1 unspecified atom stereocenters. The van der Waals surface area contributed by atoms with Crippen LogP contribution in [-0.2, 0) is 17.6 Å². The van der Waals surface area contributed by atoms with Gasteiger partial charge in [-0.15, -0.1) is 0 Å². The van der Waals surface area contributed by atoms with Crippen LogP contribution in [0.2, 0.25) is 10.0 Å². The first-order chi connectivity index (χ1) is 14.2. The highest BCUT2D eigenvalue weighted by Crippen LogP contribution is 2.38. The van der Waals surface area contributed by atoms with Gasteiger partial charge < -0.3 is 9.80 Å². The lowest BCUT2D eigenvalue weighted by Gasteiger charge is -2.34. The fourth-order valence-electron chi connectivity index (χ4n) is 3.91. The molecule has 1 aliphatic rings. The molecular formula is C23H26Cl2F2N2O.